The monoisotopic (exact) mass is 404 g/mol. The van der Waals surface area contributed by atoms with Crippen molar-refractivity contribution in [2.24, 2.45) is 0 Å². The molecule has 0 spiro atoms. The van der Waals surface area contributed by atoms with E-state index in [1.54, 1.807) is 0 Å². The van der Waals surface area contributed by atoms with E-state index in [4.69, 9.17) is 0 Å². The SMILES string of the molecule is O=C(NC1CS(=O)(=O)CC1N1CCCC1)c1cc(Br)ccc1F. The van der Waals surface area contributed by atoms with Gasteiger partial charge in [-0.25, -0.2) is 12.8 Å². The van der Waals surface area contributed by atoms with Crippen LogP contribution in [-0.4, -0.2) is 55.9 Å². The molecule has 8 heteroatoms. The van der Waals surface area contributed by atoms with E-state index in [2.05, 4.69) is 26.1 Å². The number of carbonyl (C=O) groups is 1. The molecule has 0 aromatic heterocycles. The second-order valence-electron chi connectivity index (χ2n) is 6.09. The standard InChI is InChI=1S/C15H18BrFN2O3S/c16-10-3-4-12(17)11(7-10)15(20)18-13-8-23(21,22)9-14(13)19-5-1-2-6-19/h3-4,7,13-14H,1-2,5-6,8-9H2,(H,18,20). The van der Waals surface area contributed by atoms with E-state index in [1.807, 2.05) is 0 Å². The highest BCUT2D eigenvalue weighted by molar-refractivity contribution is 9.10. The van der Waals surface area contributed by atoms with Gasteiger partial charge in [-0.2, -0.15) is 0 Å². The summed E-state index contributed by atoms with van der Waals surface area (Å²) in [5.41, 5.74) is -0.0798. The Hall–Kier alpha value is -0.990. The Balaban J connectivity index is 1.79. The lowest BCUT2D eigenvalue weighted by Gasteiger charge is -2.28. The molecule has 1 N–H and O–H groups in total. The van der Waals surface area contributed by atoms with Crippen LogP contribution in [0.25, 0.3) is 0 Å². The quantitative estimate of drug-likeness (QED) is 0.830. The van der Waals surface area contributed by atoms with Crippen LogP contribution in [0.5, 0.6) is 0 Å². The number of rotatable bonds is 3. The van der Waals surface area contributed by atoms with Crippen molar-refractivity contribution >= 4 is 31.7 Å². The molecule has 0 aliphatic carbocycles. The maximum absolute atomic E-state index is 13.8. The van der Waals surface area contributed by atoms with Crippen molar-refractivity contribution in [3.05, 3.63) is 34.1 Å². The fourth-order valence-corrected chi connectivity index (χ4v) is 5.63. The molecule has 23 heavy (non-hydrogen) atoms. The van der Waals surface area contributed by atoms with Crippen molar-refractivity contribution in [3.8, 4) is 0 Å². The fraction of sp³-hybridized carbons (Fsp3) is 0.533. The van der Waals surface area contributed by atoms with Gasteiger partial charge in [-0.15, -0.1) is 0 Å². The maximum Gasteiger partial charge on any atom is 0.254 e. The van der Waals surface area contributed by atoms with Crippen LogP contribution in [0.1, 0.15) is 23.2 Å². The zero-order valence-electron chi connectivity index (χ0n) is 12.5. The average Bonchev–Trinajstić information content (AvgIpc) is 3.09. The number of amides is 1. The number of nitrogens with zero attached hydrogens (tertiary/aromatic N) is 1. The van der Waals surface area contributed by atoms with Gasteiger partial charge in [0.1, 0.15) is 5.82 Å². The summed E-state index contributed by atoms with van der Waals surface area (Å²) in [6.45, 7) is 1.69. The van der Waals surface area contributed by atoms with Crippen LogP contribution >= 0.6 is 15.9 Å². The summed E-state index contributed by atoms with van der Waals surface area (Å²) in [4.78, 5) is 14.5. The Labute approximate surface area is 143 Å². The molecule has 0 bridgehead atoms. The Morgan fingerprint density at radius 1 is 1.26 bits per heavy atom. The molecule has 1 aromatic carbocycles. The normalized spacial score (nSPS) is 27.2. The van der Waals surface area contributed by atoms with Crippen LogP contribution in [-0.2, 0) is 9.84 Å². The number of halogens is 2. The second-order valence-corrected chi connectivity index (χ2v) is 9.16. The lowest BCUT2D eigenvalue weighted by atomic mass is 10.1. The molecule has 2 aliphatic heterocycles. The molecule has 1 aromatic rings. The number of sulfone groups is 1. The topological polar surface area (TPSA) is 66.5 Å². The summed E-state index contributed by atoms with van der Waals surface area (Å²) in [5, 5.41) is 2.73. The molecule has 3 rings (SSSR count). The van der Waals surface area contributed by atoms with Crippen molar-refractivity contribution in [1.29, 1.82) is 0 Å². The third kappa shape index (κ3) is 3.75. The fourth-order valence-electron chi connectivity index (χ4n) is 3.32. The molecular formula is C15H18BrFN2O3S. The highest BCUT2D eigenvalue weighted by atomic mass is 79.9. The summed E-state index contributed by atoms with van der Waals surface area (Å²) in [6.07, 6.45) is 2.08. The van der Waals surface area contributed by atoms with Crippen LogP contribution in [0.3, 0.4) is 0 Å². The first-order valence-electron chi connectivity index (χ1n) is 7.56. The third-order valence-electron chi connectivity index (χ3n) is 4.42. The summed E-state index contributed by atoms with van der Waals surface area (Å²) in [7, 11) is -3.19. The van der Waals surface area contributed by atoms with Crippen molar-refractivity contribution in [1.82, 2.24) is 10.2 Å². The first-order chi connectivity index (χ1) is 10.9. The van der Waals surface area contributed by atoms with E-state index in [0.29, 0.717) is 4.47 Å². The van der Waals surface area contributed by atoms with Gasteiger partial charge in [0.2, 0.25) is 0 Å². The van der Waals surface area contributed by atoms with Crippen LogP contribution in [0, 0.1) is 5.82 Å². The first kappa shape index (κ1) is 16.9. The number of benzene rings is 1. The predicted molar refractivity (Wildman–Crippen MR) is 88.6 cm³/mol. The molecule has 2 heterocycles. The van der Waals surface area contributed by atoms with Gasteiger partial charge in [0, 0.05) is 10.5 Å². The molecule has 2 fully saturated rings. The van der Waals surface area contributed by atoms with Crippen LogP contribution in [0.15, 0.2) is 22.7 Å². The van der Waals surface area contributed by atoms with Gasteiger partial charge in [-0.05, 0) is 44.1 Å². The molecule has 2 unspecified atom stereocenters. The van der Waals surface area contributed by atoms with Crippen molar-refractivity contribution in [2.45, 2.75) is 24.9 Å². The Kier molecular flexibility index (Phi) is 4.75. The third-order valence-corrected chi connectivity index (χ3v) is 6.63. The van der Waals surface area contributed by atoms with Gasteiger partial charge in [0.05, 0.1) is 23.1 Å². The molecule has 0 radical (unpaired) electrons. The molecular weight excluding hydrogens is 387 g/mol. The zero-order valence-corrected chi connectivity index (χ0v) is 14.9. The lowest BCUT2D eigenvalue weighted by molar-refractivity contribution is 0.0914. The van der Waals surface area contributed by atoms with Crippen LogP contribution in [0.4, 0.5) is 4.39 Å². The van der Waals surface area contributed by atoms with Crippen molar-refractivity contribution in [3.63, 3.8) is 0 Å². The predicted octanol–water partition coefficient (Wildman–Crippen LogP) is 1.58. The highest BCUT2D eigenvalue weighted by Gasteiger charge is 2.42. The lowest BCUT2D eigenvalue weighted by Crippen LogP contribution is -2.50. The number of carbonyl (C=O) groups excluding carboxylic acids is 1. The van der Waals surface area contributed by atoms with E-state index in [9.17, 15) is 17.6 Å². The first-order valence-corrected chi connectivity index (χ1v) is 10.2. The minimum absolute atomic E-state index is 0.0545. The summed E-state index contributed by atoms with van der Waals surface area (Å²) in [6, 6.07) is 3.41. The number of hydrogen-bond donors (Lipinski definition) is 1. The molecule has 5 nitrogen and oxygen atoms in total. The Morgan fingerprint density at radius 2 is 1.96 bits per heavy atom. The number of likely N-dealkylation sites (tertiary alicyclic amines) is 1. The summed E-state index contributed by atoms with van der Waals surface area (Å²) >= 11 is 3.21. The minimum Gasteiger partial charge on any atom is -0.347 e. The molecule has 126 valence electrons. The van der Waals surface area contributed by atoms with Gasteiger partial charge in [-0.3, -0.25) is 9.69 Å². The van der Waals surface area contributed by atoms with Gasteiger partial charge >= 0.3 is 0 Å². The van der Waals surface area contributed by atoms with E-state index >= 15 is 0 Å². The molecule has 2 saturated heterocycles. The second kappa shape index (κ2) is 6.49. The molecule has 0 saturated carbocycles. The molecule has 2 aliphatic rings. The van der Waals surface area contributed by atoms with E-state index in [1.165, 1.54) is 18.2 Å². The number of nitrogens with one attached hydrogen (secondary N) is 1. The Bertz CT molecular complexity index is 719. The van der Waals surface area contributed by atoms with Crippen LogP contribution < -0.4 is 5.32 Å². The minimum atomic E-state index is -3.19. The summed E-state index contributed by atoms with van der Waals surface area (Å²) in [5.74, 6) is -1.23. The maximum atomic E-state index is 13.8. The smallest absolute Gasteiger partial charge is 0.254 e. The van der Waals surface area contributed by atoms with Gasteiger partial charge < -0.3 is 5.32 Å². The Morgan fingerprint density at radius 3 is 2.65 bits per heavy atom. The van der Waals surface area contributed by atoms with Crippen LogP contribution in [0.2, 0.25) is 0 Å². The van der Waals surface area contributed by atoms with Gasteiger partial charge in [-0.1, -0.05) is 15.9 Å². The van der Waals surface area contributed by atoms with Gasteiger partial charge in [0.15, 0.2) is 9.84 Å². The highest BCUT2D eigenvalue weighted by Crippen LogP contribution is 2.23. The zero-order chi connectivity index (χ0) is 16.6. The molecule has 1 amide bonds. The summed E-state index contributed by atoms with van der Waals surface area (Å²) < 4.78 is 38.4. The van der Waals surface area contributed by atoms with E-state index in [0.717, 1.165) is 25.9 Å². The average molecular weight is 405 g/mol. The van der Waals surface area contributed by atoms with E-state index in [-0.39, 0.29) is 23.1 Å². The van der Waals surface area contributed by atoms with Gasteiger partial charge in [0.25, 0.3) is 5.91 Å². The van der Waals surface area contributed by atoms with Crippen molar-refractivity contribution in [2.75, 3.05) is 24.6 Å². The molecule has 2 atom stereocenters. The van der Waals surface area contributed by atoms with Crippen molar-refractivity contribution < 1.29 is 17.6 Å². The number of hydrogen-bond acceptors (Lipinski definition) is 4. The largest absolute Gasteiger partial charge is 0.347 e. The van der Waals surface area contributed by atoms with E-state index < -0.39 is 27.6 Å².